The van der Waals surface area contributed by atoms with E-state index in [-0.39, 0.29) is 6.10 Å². The Hall–Kier alpha value is -0.280. The summed E-state index contributed by atoms with van der Waals surface area (Å²) in [7, 11) is 0. The lowest BCUT2D eigenvalue weighted by Crippen LogP contribution is -2.43. The fourth-order valence-corrected chi connectivity index (χ4v) is 2.30. The Morgan fingerprint density at radius 3 is 2.33 bits per heavy atom. The van der Waals surface area contributed by atoms with Crippen LogP contribution in [-0.4, -0.2) is 17.3 Å². The molecule has 1 aliphatic carbocycles. The summed E-state index contributed by atoms with van der Waals surface area (Å²) in [6.07, 6.45) is 1.56. The number of hydrogen-bond donors (Lipinski definition) is 2. The van der Waals surface area contributed by atoms with Crippen LogP contribution in [0.4, 0.5) is 0 Å². The minimum Gasteiger partial charge on any atom is -0.393 e. The van der Waals surface area contributed by atoms with Gasteiger partial charge in [0, 0.05) is 22.6 Å². The molecular weight excluding hydrogens is 233 g/mol. The number of aliphatic hydroxyl groups excluding tert-OH is 1. The first-order chi connectivity index (χ1) is 7.13. The van der Waals surface area contributed by atoms with E-state index in [1.54, 1.807) is 6.07 Å². The third kappa shape index (κ3) is 3.08. The molecule has 1 aromatic carbocycles. The number of hydrogen-bond acceptors (Lipinski definition) is 2. The second-order valence-electron chi connectivity index (χ2n) is 3.98. The van der Waals surface area contributed by atoms with Gasteiger partial charge in [0.25, 0.3) is 0 Å². The van der Waals surface area contributed by atoms with Crippen molar-refractivity contribution in [1.29, 1.82) is 0 Å². The molecule has 1 saturated carbocycles. The number of benzene rings is 1. The maximum atomic E-state index is 9.12. The highest BCUT2D eigenvalue weighted by Crippen LogP contribution is 2.22. The van der Waals surface area contributed by atoms with E-state index < -0.39 is 0 Å². The van der Waals surface area contributed by atoms with Crippen molar-refractivity contribution < 1.29 is 5.11 Å². The largest absolute Gasteiger partial charge is 0.393 e. The Bertz CT molecular complexity index is 330. The minimum atomic E-state index is -0.120. The molecule has 0 aliphatic heterocycles. The summed E-state index contributed by atoms with van der Waals surface area (Å²) in [6.45, 7) is 0.748. The molecule has 0 unspecified atom stereocenters. The zero-order chi connectivity index (χ0) is 10.8. The Kier molecular flexibility index (Phi) is 3.52. The van der Waals surface area contributed by atoms with Gasteiger partial charge in [0.1, 0.15) is 0 Å². The third-order valence-corrected chi connectivity index (χ3v) is 3.07. The van der Waals surface area contributed by atoms with E-state index in [1.807, 2.05) is 12.1 Å². The van der Waals surface area contributed by atoms with Gasteiger partial charge in [-0.15, -0.1) is 0 Å². The molecular formula is C11H13Cl2NO. The average molecular weight is 246 g/mol. The van der Waals surface area contributed by atoms with Crippen molar-refractivity contribution in [3.8, 4) is 0 Å². The average Bonchev–Trinajstić information content (AvgIpc) is 2.09. The van der Waals surface area contributed by atoms with Gasteiger partial charge in [-0.05, 0) is 36.6 Å². The summed E-state index contributed by atoms with van der Waals surface area (Å²) in [6, 6.07) is 5.95. The highest BCUT2D eigenvalue weighted by molar-refractivity contribution is 6.34. The van der Waals surface area contributed by atoms with Gasteiger partial charge in [0.15, 0.2) is 0 Å². The molecule has 0 spiro atoms. The maximum absolute atomic E-state index is 9.12. The summed E-state index contributed by atoms with van der Waals surface area (Å²) in [5.41, 5.74) is 1.08. The first-order valence-corrected chi connectivity index (χ1v) is 5.75. The van der Waals surface area contributed by atoms with Gasteiger partial charge in [-0.2, -0.15) is 0 Å². The molecule has 0 atom stereocenters. The van der Waals surface area contributed by atoms with Crippen molar-refractivity contribution >= 4 is 23.2 Å². The predicted octanol–water partition coefficient (Wildman–Crippen LogP) is 2.61. The SMILES string of the molecule is OC1CC(NCc2cc(Cl)cc(Cl)c2)C1. The summed E-state index contributed by atoms with van der Waals surface area (Å²) in [5.74, 6) is 0. The lowest BCUT2D eigenvalue weighted by molar-refractivity contribution is 0.0619. The topological polar surface area (TPSA) is 32.3 Å². The standard InChI is InChI=1S/C11H13Cl2NO/c12-8-1-7(2-9(13)3-8)6-14-10-4-11(15)5-10/h1-3,10-11,14-15H,4-6H2. The summed E-state index contributed by atoms with van der Waals surface area (Å²) in [5, 5.41) is 13.8. The molecule has 4 heteroatoms. The highest BCUT2D eigenvalue weighted by atomic mass is 35.5. The van der Waals surface area contributed by atoms with Crippen LogP contribution in [0.2, 0.25) is 10.0 Å². The van der Waals surface area contributed by atoms with E-state index in [0.717, 1.165) is 24.9 Å². The first-order valence-electron chi connectivity index (χ1n) is 5.00. The van der Waals surface area contributed by atoms with Crippen LogP contribution in [0.5, 0.6) is 0 Å². The van der Waals surface area contributed by atoms with Gasteiger partial charge < -0.3 is 10.4 Å². The van der Waals surface area contributed by atoms with Crippen LogP contribution in [0.15, 0.2) is 18.2 Å². The number of rotatable bonds is 3. The molecule has 1 fully saturated rings. The zero-order valence-corrected chi connectivity index (χ0v) is 9.72. The van der Waals surface area contributed by atoms with Crippen molar-refractivity contribution in [2.75, 3.05) is 0 Å². The van der Waals surface area contributed by atoms with Gasteiger partial charge in [0.05, 0.1) is 6.10 Å². The Labute approximate surface area is 99.2 Å². The normalized spacial score (nSPS) is 25.0. The Morgan fingerprint density at radius 1 is 1.20 bits per heavy atom. The molecule has 0 saturated heterocycles. The smallest absolute Gasteiger partial charge is 0.0570 e. The van der Waals surface area contributed by atoms with Crippen LogP contribution in [0.3, 0.4) is 0 Å². The van der Waals surface area contributed by atoms with Crippen LogP contribution in [0, 0.1) is 0 Å². The van der Waals surface area contributed by atoms with Gasteiger partial charge in [-0.3, -0.25) is 0 Å². The van der Waals surface area contributed by atoms with Gasteiger partial charge in [-0.1, -0.05) is 23.2 Å². The van der Waals surface area contributed by atoms with Crippen LogP contribution in [0.25, 0.3) is 0 Å². The van der Waals surface area contributed by atoms with Crippen molar-refractivity contribution in [2.24, 2.45) is 0 Å². The van der Waals surface area contributed by atoms with Gasteiger partial charge in [0.2, 0.25) is 0 Å². The molecule has 0 heterocycles. The van der Waals surface area contributed by atoms with Crippen LogP contribution in [-0.2, 0) is 6.54 Å². The van der Waals surface area contributed by atoms with Crippen LogP contribution < -0.4 is 5.32 Å². The molecule has 0 radical (unpaired) electrons. The number of halogens is 2. The first kappa shape index (κ1) is 11.2. The zero-order valence-electron chi connectivity index (χ0n) is 8.21. The Morgan fingerprint density at radius 2 is 1.80 bits per heavy atom. The number of nitrogens with one attached hydrogen (secondary N) is 1. The fourth-order valence-electron chi connectivity index (χ4n) is 1.73. The summed E-state index contributed by atoms with van der Waals surface area (Å²) >= 11 is 11.8. The molecule has 82 valence electrons. The lowest BCUT2D eigenvalue weighted by Gasteiger charge is -2.32. The third-order valence-electron chi connectivity index (χ3n) is 2.63. The van der Waals surface area contributed by atoms with E-state index >= 15 is 0 Å². The Balaban J connectivity index is 1.88. The molecule has 1 aliphatic rings. The molecule has 2 N–H and O–H groups in total. The molecule has 1 aromatic rings. The van der Waals surface area contributed by atoms with Gasteiger partial charge in [-0.25, -0.2) is 0 Å². The fraction of sp³-hybridized carbons (Fsp3) is 0.455. The number of aliphatic hydroxyl groups is 1. The minimum absolute atomic E-state index is 0.120. The van der Waals surface area contributed by atoms with E-state index in [9.17, 15) is 0 Å². The van der Waals surface area contributed by atoms with E-state index in [2.05, 4.69) is 5.32 Å². The van der Waals surface area contributed by atoms with E-state index in [4.69, 9.17) is 28.3 Å². The second-order valence-corrected chi connectivity index (χ2v) is 4.85. The van der Waals surface area contributed by atoms with Gasteiger partial charge >= 0.3 is 0 Å². The maximum Gasteiger partial charge on any atom is 0.0570 e. The van der Waals surface area contributed by atoms with Crippen molar-refractivity contribution in [3.63, 3.8) is 0 Å². The van der Waals surface area contributed by atoms with Crippen LogP contribution in [0.1, 0.15) is 18.4 Å². The van der Waals surface area contributed by atoms with Crippen LogP contribution >= 0.6 is 23.2 Å². The second kappa shape index (κ2) is 4.71. The quantitative estimate of drug-likeness (QED) is 0.859. The predicted molar refractivity (Wildman–Crippen MR) is 62.3 cm³/mol. The summed E-state index contributed by atoms with van der Waals surface area (Å²) < 4.78 is 0. The molecule has 0 aromatic heterocycles. The van der Waals surface area contributed by atoms with E-state index in [0.29, 0.717) is 16.1 Å². The van der Waals surface area contributed by atoms with Crippen molar-refractivity contribution in [3.05, 3.63) is 33.8 Å². The molecule has 0 amide bonds. The molecule has 2 rings (SSSR count). The molecule has 2 nitrogen and oxygen atoms in total. The summed E-state index contributed by atoms with van der Waals surface area (Å²) in [4.78, 5) is 0. The highest BCUT2D eigenvalue weighted by Gasteiger charge is 2.26. The monoisotopic (exact) mass is 245 g/mol. The lowest BCUT2D eigenvalue weighted by atomic mass is 9.89. The van der Waals surface area contributed by atoms with Crippen molar-refractivity contribution in [2.45, 2.75) is 31.5 Å². The van der Waals surface area contributed by atoms with E-state index in [1.165, 1.54) is 0 Å². The molecule has 15 heavy (non-hydrogen) atoms. The molecule has 0 bridgehead atoms. The van der Waals surface area contributed by atoms with Crippen molar-refractivity contribution in [1.82, 2.24) is 5.32 Å².